The highest BCUT2D eigenvalue weighted by Gasteiger charge is 2.26. The van der Waals surface area contributed by atoms with E-state index >= 15 is 0 Å². The number of carbonyl (C=O) groups is 1. The van der Waals surface area contributed by atoms with Crippen LogP contribution in [0.25, 0.3) is 0 Å². The van der Waals surface area contributed by atoms with Crippen LogP contribution in [0.1, 0.15) is 33.1 Å². The molecule has 0 aromatic heterocycles. The van der Waals surface area contributed by atoms with Crippen LogP contribution in [0.5, 0.6) is 0 Å². The number of hydrogen-bond acceptors (Lipinski definition) is 4. The molecule has 4 rings (SSSR count). The summed E-state index contributed by atoms with van der Waals surface area (Å²) in [7, 11) is 4.11. The maximum atomic E-state index is 13.0. The summed E-state index contributed by atoms with van der Waals surface area (Å²) < 4.78 is 0. The Balaban J connectivity index is 1.49. The topological polar surface area (TPSA) is 38.8 Å². The Morgan fingerprint density at radius 1 is 0.882 bits per heavy atom. The third-order valence-electron chi connectivity index (χ3n) is 6.61. The molecule has 1 amide bonds. The van der Waals surface area contributed by atoms with E-state index in [2.05, 4.69) is 94.8 Å². The van der Waals surface area contributed by atoms with Crippen LogP contribution < -0.4 is 15.1 Å². The second-order valence-corrected chi connectivity index (χ2v) is 9.45. The third-order valence-corrected chi connectivity index (χ3v) is 6.61. The molecule has 1 fully saturated rings. The van der Waals surface area contributed by atoms with E-state index in [9.17, 15) is 4.79 Å². The largest absolute Gasteiger partial charge is 0.378 e. The van der Waals surface area contributed by atoms with Crippen molar-refractivity contribution in [2.24, 2.45) is 0 Å². The van der Waals surface area contributed by atoms with Crippen molar-refractivity contribution in [3.63, 3.8) is 0 Å². The van der Waals surface area contributed by atoms with Gasteiger partial charge in [-0.25, -0.2) is 0 Å². The van der Waals surface area contributed by atoms with Gasteiger partial charge in [-0.15, -0.1) is 0 Å². The Hall–Kier alpha value is -3.31. The first-order valence-electron chi connectivity index (χ1n) is 12.1. The second-order valence-electron chi connectivity index (χ2n) is 9.45. The van der Waals surface area contributed by atoms with Gasteiger partial charge in [-0.05, 0) is 55.8 Å². The van der Waals surface area contributed by atoms with E-state index in [1.807, 2.05) is 26.0 Å². The van der Waals surface area contributed by atoms with Gasteiger partial charge in [-0.1, -0.05) is 47.5 Å². The maximum Gasteiger partial charge on any atom is 0.251 e. The van der Waals surface area contributed by atoms with Gasteiger partial charge in [0.25, 0.3) is 5.91 Å². The van der Waals surface area contributed by atoms with Gasteiger partial charge in [0.05, 0.1) is 6.04 Å². The zero-order valence-electron chi connectivity index (χ0n) is 20.8. The van der Waals surface area contributed by atoms with Crippen molar-refractivity contribution in [2.45, 2.75) is 19.9 Å². The second kappa shape index (κ2) is 10.7. The minimum absolute atomic E-state index is 0.00960. The van der Waals surface area contributed by atoms with Gasteiger partial charge in [0, 0.05) is 63.8 Å². The molecule has 1 atom stereocenters. The molecule has 178 valence electrons. The van der Waals surface area contributed by atoms with Gasteiger partial charge >= 0.3 is 0 Å². The molecule has 0 spiro atoms. The zero-order valence-corrected chi connectivity index (χ0v) is 20.8. The Morgan fingerprint density at radius 2 is 1.50 bits per heavy atom. The van der Waals surface area contributed by atoms with E-state index in [0.29, 0.717) is 6.54 Å². The number of aryl methyl sites for hydroxylation is 2. The van der Waals surface area contributed by atoms with Gasteiger partial charge in [0.2, 0.25) is 0 Å². The predicted octanol–water partition coefficient (Wildman–Crippen LogP) is 4.66. The molecule has 34 heavy (non-hydrogen) atoms. The van der Waals surface area contributed by atoms with Crippen LogP contribution in [0.2, 0.25) is 0 Å². The summed E-state index contributed by atoms with van der Waals surface area (Å²) in [5, 5.41) is 3.22. The molecule has 0 radical (unpaired) electrons. The van der Waals surface area contributed by atoms with E-state index < -0.39 is 0 Å². The van der Waals surface area contributed by atoms with Crippen LogP contribution in [-0.2, 0) is 0 Å². The van der Waals surface area contributed by atoms with Gasteiger partial charge < -0.3 is 15.1 Å². The van der Waals surface area contributed by atoms with E-state index in [1.54, 1.807) is 0 Å². The summed E-state index contributed by atoms with van der Waals surface area (Å²) in [5.41, 5.74) is 6.64. The molecule has 1 heterocycles. The molecule has 1 aliphatic rings. The molecule has 0 saturated carbocycles. The highest BCUT2D eigenvalue weighted by molar-refractivity contribution is 5.94. The van der Waals surface area contributed by atoms with Crippen molar-refractivity contribution in [1.29, 1.82) is 0 Å². The maximum absolute atomic E-state index is 13.0. The lowest BCUT2D eigenvalue weighted by Gasteiger charge is -2.40. The first kappa shape index (κ1) is 23.8. The Morgan fingerprint density at radius 3 is 2.09 bits per heavy atom. The van der Waals surface area contributed by atoms with E-state index in [-0.39, 0.29) is 11.9 Å². The molecule has 1 saturated heterocycles. The van der Waals surface area contributed by atoms with E-state index in [4.69, 9.17) is 0 Å². The van der Waals surface area contributed by atoms with Crippen molar-refractivity contribution < 1.29 is 4.79 Å². The molecule has 1 aliphatic heterocycles. The van der Waals surface area contributed by atoms with Crippen molar-refractivity contribution in [3.8, 4) is 0 Å². The predicted molar refractivity (Wildman–Crippen MR) is 142 cm³/mol. The number of rotatable bonds is 7. The normalized spacial score (nSPS) is 15.1. The van der Waals surface area contributed by atoms with Gasteiger partial charge in [-0.2, -0.15) is 0 Å². The number of para-hydroxylation sites is 1. The molecular weight excluding hydrogens is 420 g/mol. The SMILES string of the molecule is Cc1cc(C)cc(C(=O)NC[C@@H](c2ccc(N(C)C)cc2)N2CCN(c3ccccc3)CC2)c1. The summed E-state index contributed by atoms with van der Waals surface area (Å²) in [6, 6.07) is 25.5. The van der Waals surface area contributed by atoms with Gasteiger partial charge in [0.1, 0.15) is 0 Å². The molecular formula is C29H36N4O. The first-order chi connectivity index (χ1) is 16.4. The summed E-state index contributed by atoms with van der Waals surface area (Å²) in [4.78, 5) is 20.1. The quantitative estimate of drug-likeness (QED) is 0.561. The van der Waals surface area contributed by atoms with Crippen LogP contribution in [0.4, 0.5) is 11.4 Å². The molecule has 0 bridgehead atoms. The monoisotopic (exact) mass is 456 g/mol. The van der Waals surface area contributed by atoms with Crippen LogP contribution in [0.15, 0.2) is 72.8 Å². The number of amides is 1. The lowest BCUT2D eigenvalue weighted by Crippen LogP contribution is -2.50. The minimum atomic E-state index is -0.00960. The van der Waals surface area contributed by atoms with Crippen LogP contribution in [0, 0.1) is 13.8 Å². The van der Waals surface area contributed by atoms with Crippen molar-refractivity contribution in [2.75, 3.05) is 56.6 Å². The lowest BCUT2D eigenvalue weighted by atomic mass is 10.0. The fourth-order valence-corrected chi connectivity index (χ4v) is 4.78. The average Bonchev–Trinajstić information content (AvgIpc) is 2.84. The number of carbonyl (C=O) groups excluding carboxylic acids is 1. The summed E-state index contributed by atoms with van der Waals surface area (Å²) in [5.74, 6) is -0.00960. The molecule has 5 heteroatoms. The Labute approximate surface area is 204 Å². The number of nitrogens with zero attached hydrogens (tertiary/aromatic N) is 3. The summed E-state index contributed by atoms with van der Waals surface area (Å²) in [6.07, 6.45) is 0. The highest BCUT2D eigenvalue weighted by Crippen LogP contribution is 2.26. The highest BCUT2D eigenvalue weighted by atomic mass is 16.1. The number of nitrogens with one attached hydrogen (secondary N) is 1. The van der Waals surface area contributed by atoms with E-state index in [0.717, 1.165) is 42.9 Å². The standard InChI is InChI=1S/C29H36N4O/c1-22-18-23(2)20-25(19-22)29(34)30-21-28(24-10-12-26(13-11-24)31(3)4)33-16-14-32(15-17-33)27-8-6-5-7-9-27/h5-13,18-20,28H,14-17,21H2,1-4H3,(H,30,34)/t28-/m0/s1. The van der Waals surface area contributed by atoms with Crippen LogP contribution in [0.3, 0.4) is 0 Å². The van der Waals surface area contributed by atoms with Crippen molar-refractivity contribution in [3.05, 3.63) is 95.1 Å². The Bertz CT molecular complexity index is 1070. The smallest absolute Gasteiger partial charge is 0.251 e. The first-order valence-corrected chi connectivity index (χ1v) is 12.1. The lowest BCUT2D eigenvalue weighted by molar-refractivity contribution is 0.0930. The van der Waals surface area contributed by atoms with Crippen molar-refractivity contribution >= 4 is 17.3 Å². The fourth-order valence-electron chi connectivity index (χ4n) is 4.78. The molecule has 3 aromatic rings. The molecule has 0 aliphatic carbocycles. The van der Waals surface area contributed by atoms with Gasteiger partial charge in [-0.3, -0.25) is 9.69 Å². The number of anilines is 2. The molecule has 1 N–H and O–H groups in total. The fraction of sp³-hybridized carbons (Fsp3) is 0.345. The van der Waals surface area contributed by atoms with E-state index in [1.165, 1.54) is 16.9 Å². The zero-order chi connectivity index (χ0) is 24.1. The van der Waals surface area contributed by atoms with Crippen LogP contribution in [-0.4, -0.2) is 57.6 Å². The molecule has 0 unspecified atom stereocenters. The summed E-state index contributed by atoms with van der Waals surface area (Å²) >= 11 is 0. The van der Waals surface area contributed by atoms with Crippen LogP contribution >= 0.6 is 0 Å². The number of hydrogen-bond donors (Lipinski definition) is 1. The molecule has 3 aromatic carbocycles. The Kier molecular flexibility index (Phi) is 7.53. The molecule has 5 nitrogen and oxygen atoms in total. The van der Waals surface area contributed by atoms with Crippen molar-refractivity contribution in [1.82, 2.24) is 10.2 Å². The average molecular weight is 457 g/mol. The summed E-state index contributed by atoms with van der Waals surface area (Å²) in [6.45, 7) is 8.50. The minimum Gasteiger partial charge on any atom is -0.378 e. The third kappa shape index (κ3) is 5.78. The number of piperazine rings is 1. The number of benzene rings is 3. The van der Waals surface area contributed by atoms with Gasteiger partial charge in [0.15, 0.2) is 0 Å².